The molecular formula is C24H27N. The number of benzene rings is 3. The number of aryl methyl sites for hydroxylation is 3. The fourth-order valence-corrected chi connectivity index (χ4v) is 3.02. The van der Waals surface area contributed by atoms with Gasteiger partial charge in [0.25, 0.3) is 0 Å². The molecule has 0 amide bonds. The summed E-state index contributed by atoms with van der Waals surface area (Å²) in [6, 6.07) is 26.7. The van der Waals surface area contributed by atoms with Crippen LogP contribution in [0.3, 0.4) is 0 Å². The molecule has 0 aliphatic carbocycles. The van der Waals surface area contributed by atoms with Crippen molar-refractivity contribution in [3.8, 4) is 0 Å². The Morgan fingerprint density at radius 2 is 0.680 bits per heavy atom. The van der Waals surface area contributed by atoms with E-state index >= 15 is 0 Å². The summed E-state index contributed by atoms with van der Waals surface area (Å²) in [4.78, 5) is 2.51. The van der Waals surface area contributed by atoms with E-state index < -0.39 is 0 Å². The van der Waals surface area contributed by atoms with Gasteiger partial charge in [0.05, 0.1) is 0 Å². The zero-order valence-corrected chi connectivity index (χ0v) is 15.5. The predicted molar refractivity (Wildman–Crippen MR) is 106 cm³/mol. The molecule has 0 fully saturated rings. The van der Waals surface area contributed by atoms with Crippen LogP contribution in [0.4, 0.5) is 0 Å². The highest BCUT2D eigenvalue weighted by molar-refractivity contribution is 5.25. The van der Waals surface area contributed by atoms with Crippen LogP contribution in [-0.2, 0) is 19.6 Å². The van der Waals surface area contributed by atoms with E-state index in [0.29, 0.717) is 0 Å². The molecule has 0 atom stereocenters. The van der Waals surface area contributed by atoms with E-state index in [1.54, 1.807) is 0 Å². The highest BCUT2D eigenvalue weighted by atomic mass is 15.1. The normalized spacial score (nSPS) is 11.0. The van der Waals surface area contributed by atoms with Crippen LogP contribution >= 0.6 is 0 Å². The summed E-state index contributed by atoms with van der Waals surface area (Å²) in [6.45, 7) is 9.30. The maximum atomic E-state index is 2.51. The Morgan fingerprint density at radius 1 is 0.440 bits per heavy atom. The summed E-state index contributed by atoms with van der Waals surface area (Å²) in [7, 11) is 0. The quantitative estimate of drug-likeness (QED) is 0.551. The minimum atomic E-state index is 0.960. The number of hydrogen-bond donors (Lipinski definition) is 0. The van der Waals surface area contributed by atoms with Crippen LogP contribution in [0.2, 0.25) is 0 Å². The van der Waals surface area contributed by atoms with Crippen molar-refractivity contribution in [2.24, 2.45) is 0 Å². The third-order valence-corrected chi connectivity index (χ3v) is 4.58. The van der Waals surface area contributed by atoms with Gasteiger partial charge in [-0.2, -0.15) is 0 Å². The lowest BCUT2D eigenvalue weighted by atomic mass is 10.1. The van der Waals surface area contributed by atoms with Crippen molar-refractivity contribution in [1.29, 1.82) is 0 Å². The SMILES string of the molecule is Cc1ccc(CN(Cc2ccc(C)cc2)Cc2ccc(C)cc2)cc1. The van der Waals surface area contributed by atoms with Crippen LogP contribution in [0.25, 0.3) is 0 Å². The molecule has 0 radical (unpaired) electrons. The molecular weight excluding hydrogens is 302 g/mol. The van der Waals surface area contributed by atoms with Crippen molar-refractivity contribution >= 4 is 0 Å². The Morgan fingerprint density at radius 3 is 0.920 bits per heavy atom. The first-order valence-electron chi connectivity index (χ1n) is 8.97. The Hall–Kier alpha value is -2.38. The van der Waals surface area contributed by atoms with Gasteiger partial charge in [0.15, 0.2) is 0 Å². The van der Waals surface area contributed by atoms with Crippen LogP contribution < -0.4 is 0 Å². The van der Waals surface area contributed by atoms with E-state index in [0.717, 1.165) is 19.6 Å². The molecule has 128 valence electrons. The third-order valence-electron chi connectivity index (χ3n) is 4.58. The lowest BCUT2D eigenvalue weighted by Crippen LogP contribution is -2.22. The van der Waals surface area contributed by atoms with Crippen molar-refractivity contribution in [1.82, 2.24) is 4.90 Å². The van der Waals surface area contributed by atoms with Crippen LogP contribution in [0.15, 0.2) is 72.8 Å². The van der Waals surface area contributed by atoms with Gasteiger partial charge >= 0.3 is 0 Å². The Labute approximate surface area is 151 Å². The molecule has 0 bridgehead atoms. The Bertz CT molecular complexity index is 670. The monoisotopic (exact) mass is 329 g/mol. The maximum Gasteiger partial charge on any atom is 0.0240 e. The van der Waals surface area contributed by atoms with E-state index in [1.165, 1.54) is 33.4 Å². The summed E-state index contributed by atoms with van der Waals surface area (Å²) >= 11 is 0. The second-order valence-corrected chi connectivity index (χ2v) is 7.10. The maximum absolute atomic E-state index is 2.51. The lowest BCUT2D eigenvalue weighted by molar-refractivity contribution is 0.247. The van der Waals surface area contributed by atoms with Crippen LogP contribution in [-0.4, -0.2) is 4.90 Å². The van der Waals surface area contributed by atoms with Gasteiger partial charge in [-0.3, -0.25) is 4.90 Å². The zero-order chi connectivity index (χ0) is 17.6. The fraction of sp³-hybridized carbons (Fsp3) is 0.250. The van der Waals surface area contributed by atoms with Gasteiger partial charge in [0.1, 0.15) is 0 Å². The van der Waals surface area contributed by atoms with Gasteiger partial charge in [0.2, 0.25) is 0 Å². The molecule has 1 heteroatoms. The molecule has 0 aliphatic rings. The van der Waals surface area contributed by atoms with Gasteiger partial charge in [-0.25, -0.2) is 0 Å². The highest BCUT2D eigenvalue weighted by Gasteiger charge is 2.09. The second-order valence-electron chi connectivity index (χ2n) is 7.10. The molecule has 0 heterocycles. The molecule has 0 aromatic heterocycles. The molecule has 25 heavy (non-hydrogen) atoms. The number of nitrogens with zero attached hydrogens (tertiary/aromatic N) is 1. The van der Waals surface area contributed by atoms with Gasteiger partial charge in [0, 0.05) is 19.6 Å². The minimum Gasteiger partial charge on any atom is -0.291 e. The Balaban J connectivity index is 1.77. The van der Waals surface area contributed by atoms with E-state index in [-0.39, 0.29) is 0 Å². The first kappa shape index (κ1) is 17.4. The molecule has 0 aliphatic heterocycles. The molecule has 0 spiro atoms. The van der Waals surface area contributed by atoms with Crippen LogP contribution in [0.1, 0.15) is 33.4 Å². The Kier molecular flexibility index (Phi) is 5.67. The average molecular weight is 329 g/mol. The summed E-state index contributed by atoms with van der Waals surface area (Å²) in [5.74, 6) is 0. The zero-order valence-electron chi connectivity index (χ0n) is 15.5. The highest BCUT2D eigenvalue weighted by Crippen LogP contribution is 2.16. The summed E-state index contributed by atoms with van der Waals surface area (Å²) in [5, 5.41) is 0. The minimum absolute atomic E-state index is 0.960. The molecule has 0 N–H and O–H groups in total. The first-order chi connectivity index (χ1) is 12.1. The number of hydrogen-bond acceptors (Lipinski definition) is 1. The summed E-state index contributed by atoms with van der Waals surface area (Å²) in [5.41, 5.74) is 8.03. The van der Waals surface area contributed by atoms with E-state index in [9.17, 15) is 0 Å². The molecule has 3 aromatic rings. The molecule has 0 saturated carbocycles. The summed E-state index contributed by atoms with van der Waals surface area (Å²) < 4.78 is 0. The van der Waals surface area contributed by atoms with Gasteiger partial charge in [-0.1, -0.05) is 89.5 Å². The van der Waals surface area contributed by atoms with Crippen molar-refractivity contribution in [2.75, 3.05) is 0 Å². The van der Waals surface area contributed by atoms with Gasteiger partial charge in [-0.05, 0) is 37.5 Å². The van der Waals surface area contributed by atoms with Crippen molar-refractivity contribution in [3.05, 3.63) is 106 Å². The average Bonchev–Trinajstić information content (AvgIpc) is 2.61. The number of rotatable bonds is 6. The molecule has 0 unspecified atom stereocenters. The fourth-order valence-electron chi connectivity index (χ4n) is 3.02. The van der Waals surface area contributed by atoms with Crippen LogP contribution in [0, 0.1) is 20.8 Å². The molecule has 3 rings (SSSR count). The molecule has 3 aromatic carbocycles. The topological polar surface area (TPSA) is 3.24 Å². The van der Waals surface area contributed by atoms with E-state index in [2.05, 4.69) is 98.5 Å². The first-order valence-corrected chi connectivity index (χ1v) is 8.97. The van der Waals surface area contributed by atoms with Crippen molar-refractivity contribution in [3.63, 3.8) is 0 Å². The summed E-state index contributed by atoms with van der Waals surface area (Å²) in [6.07, 6.45) is 0. The van der Waals surface area contributed by atoms with E-state index in [1.807, 2.05) is 0 Å². The lowest BCUT2D eigenvalue weighted by Gasteiger charge is -2.23. The van der Waals surface area contributed by atoms with Crippen LogP contribution in [0.5, 0.6) is 0 Å². The van der Waals surface area contributed by atoms with Crippen molar-refractivity contribution in [2.45, 2.75) is 40.4 Å². The van der Waals surface area contributed by atoms with Gasteiger partial charge in [-0.15, -0.1) is 0 Å². The standard InChI is InChI=1S/C24H27N/c1-19-4-10-22(11-5-19)16-25(17-23-12-6-20(2)7-13-23)18-24-14-8-21(3)9-15-24/h4-15H,16-18H2,1-3H3. The predicted octanol–water partition coefficient (Wildman–Crippen LogP) is 5.81. The second kappa shape index (κ2) is 8.13. The van der Waals surface area contributed by atoms with Crippen molar-refractivity contribution < 1.29 is 0 Å². The largest absolute Gasteiger partial charge is 0.291 e. The van der Waals surface area contributed by atoms with Gasteiger partial charge < -0.3 is 0 Å². The molecule has 1 nitrogen and oxygen atoms in total. The smallest absolute Gasteiger partial charge is 0.0240 e. The third kappa shape index (κ3) is 5.30. The molecule has 0 saturated heterocycles. The van der Waals surface area contributed by atoms with E-state index in [4.69, 9.17) is 0 Å².